The lowest BCUT2D eigenvalue weighted by molar-refractivity contribution is 0.515. The van der Waals surface area contributed by atoms with Crippen LogP contribution in [0.2, 0.25) is 0 Å². The maximum Gasteiger partial charge on any atom is 0.223 e. The van der Waals surface area contributed by atoms with Crippen LogP contribution < -0.4 is 11.5 Å². The Morgan fingerprint density at radius 3 is 2.36 bits per heavy atom. The van der Waals surface area contributed by atoms with Crippen molar-refractivity contribution in [3.05, 3.63) is 59.9 Å². The molecule has 1 aromatic carbocycles. The first kappa shape index (κ1) is 15.5. The van der Waals surface area contributed by atoms with E-state index in [9.17, 15) is 8.78 Å². The van der Waals surface area contributed by atoms with Gasteiger partial charge < -0.3 is 11.5 Å². The van der Waals surface area contributed by atoms with Gasteiger partial charge in [0.25, 0.3) is 0 Å². The van der Waals surface area contributed by atoms with Crippen LogP contribution in [0, 0.1) is 11.9 Å². The highest BCUT2D eigenvalue weighted by atomic mass is 32.1. The number of pyridine rings is 2. The average molecular weight is 354 g/mol. The Bertz CT molecular complexity index is 1090. The number of nitrogen functional groups attached to an aromatic ring is 2. The van der Waals surface area contributed by atoms with Gasteiger partial charge in [0.2, 0.25) is 11.9 Å². The Morgan fingerprint density at radius 2 is 1.64 bits per heavy atom. The number of aromatic nitrogens is 2. The number of rotatable bonds is 2. The number of hydrogen-bond acceptors (Lipinski definition) is 5. The third kappa shape index (κ3) is 2.58. The van der Waals surface area contributed by atoms with Crippen molar-refractivity contribution < 1.29 is 8.78 Å². The summed E-state index contributed by atoms with van der Waals surface area (Å²) < 4.78 is 28.0. The summed E-state index contributed by atoms with van der Waals surface area (Å²) in [5.74, 6) is -1.40. The van der Waals surface area contributed by atoms with E-state index in [1.807, 2.05) is 17.5 Å². The van der Waals surface area contributed by atoms with Crippen LogP contribution in [0.15, 0.2) is 48.0 Å². The summed E-state index contributed by atoms with van der Waals surface area (Å²) in [6.45, 7) is 0. The van der Waals surface area contributed by atoms with Gasteiger partial charge in [-0.2, -0.15) is 13.8 Å². The molecule has 4 rings (SSSR count). The fourth-order valence-corrected chi connectivity index (χ4v) is 3.86. The fraction of sp³-hybridized carbons (Fsp3) is 0. The molecular weight excluding hydrogens is 342 g/mol. The molecule has 4 aromatic rings. The number of nitrogens with zero attached hydrogens (tertiary/aromatic N) is 2. The Hall–Kier alpha value is -3.06. The van der Waals surface area contributed by atoms with Crippen molar-refractivity contribution in [3.8, 4) is 22.3 Å². The summed E-state index contributed by atoms with van der Waals surface area (Å²) in [7, 11) is 0. The van der Waals surface area contributed by atoms with E-state index in [2.05, 4.69) is 9.97 Å². The Kier molecular flexibility index (Phi) is 3.58. The molecule has 0 saturated heterocycles. The normalized spacial score (nSPS) is 11.1. The summed E-state index contributed by atoms with van der Waals surface area (Å²) in [5, 5.41) is 2.67. The second-order valence-corrected chi connectivity index (χ2v) is 6.38. The van der Waals surface area contributed by atoms with E-state index in [0.29, 0.717) is 17.1 Å². The van der Waals surface area contributed by atoms with Crippen molar-refractivity contribution in [1.29, 1.82) is 0 Å². The first-order valence-electron chi connectivity index (χ1n) is 7.38. The van der Waals surface area contributed by atoms with Crippen LogP contribution in [-0.2, 0) is 0 Å². The number of benzene rings is 1. The van der Waals surface area contributed by atoms with Crippen LogP contribution in [0.1, 0.15) is 0 Å². The van der Waals surface area contributed by atoms with Gasteiger partial charge in [-0.3, -0.25) is 0 Å². The highest BCUT2D eigenvalue weighted by Gasteiger charge is 2.17. The molecular formula is C18H12F2N4S. The van der Waals surface area contributed by atoms with Crippen molar-refractivity contribution in [1.82, 2.24) is 9.97 Å². The zero-order valence-corrected chi connectivity index (χ0v) is 13.6. The zero-order chi connectivity index (χ0) is 17.6. The third-order valence-corrected chi connectivity index (χ3v) is 4.96. The lowest BCUT2D eigenvalue weighted by Gasteiger charge is -2.07. The van der Waals surface area contributed by atoms with Crippen molar-refractivity contribution in [3.63, 3.8) is 0 Å². The molecule has 0 fully saturated rings. The maximum atomic E-state index is 14.1. The van der Waals surface area contributed by atoms with Gasteiger partial charge in [0.15, 0.2) is 0 Å². The average Bonchev–Trinajstić information content (AvgIpc) is 3.03. The summed E-state index contributed by atoms with van der Waals surface area (Å²) in [6, 6.07) is 9.86. The Balaban J connectivity index is 1.97. The lowest BCUT2D eigenvalue weighted by Crippen LogP contribution is -1.96. The molecule has 4 nitrogen and oxygen atoms in total. The standard InChI is InChI=1S/C18H12F2N4S/c19-14-6-5-11(17(20)24-14)12-7-23-18(22)15-13(8-25-16(12)15)9-1-3-10(21)4-2-9/h1-8H,21H2,(H2,22,23). The monoisotopic (exact) mass is 354 g/mol. The van der Waals surface area contributed by atoms with Gasteiger partial charge in [0.05, 0.1) is 0 Å². The van der Waals surface area contributed by atoms with Gasteiger partial charge in [0, 0.05) is 38.7 Å². The minimum Gasteiger partial charge on any atom is -0.399 e. The largest absolute Gasteiger partial charge is 0.399 e. The van der Waals surface area contributed by atoms with Gasteiger partial charge >= 0.3 is 0 Å². The van der Waals surface area contributed by atoms with Crippen LogP contribution in [0.4, 0.5) is 20.3 Å². The van der Waals surface area contributed by atoms with E-state index in [1.165, 1.54) is 23.6 Å². The highest BCUT2D eigenvalue weighted by Crippen LogP contribution is 2.42. The number of thiophene rings is 1. The SMILES string of the molecule is Nc1ccc(-c2csc3c(-c4ccc(F)nc4F)cnc(N)c23)cc1. The maximum absolute atomic E-state index is 14.1. The second-order valence-electron chi connectivity index (χ2n) is 5.50. The number of halogens is 2. The molecule has 7 heteroatoms. The highest BCUT2D eigenvalue weighted by molar-refractivity contribution is 7.18. The summed E-state index contributed by atoms with van der Waals surface area (Å²) in [5.41, 5.74) is 15.0. The van der Waals surface area contributed by atoms with Crippen molar-refractivity contribution >= 4 is 32.9 Å². The zero-order valence-electron chi connectivity index (χ0n) is 12.8. The Labute approximate surface area is 145 Å². The predicted molar refractivity (Wildman–Crippen MR) is 97.0 cm³/mol. The number of fused-ring (bicyclic) bond motifs is 1. The van der Waals surface area contributed by atoms with Gasteiger partial charge in [-0.05, 0) is 35.2 Å². The van der Waals surface area contributed by atoms with Gasteiger partial charge in [0.1, 0.15) is 5.82 Å². The molecule has 0 unspecified atom stereocenters. The smallest absolute Gasteiger partial charge is 0.223 e. The van der Waals surface area contributed by atoms with Crippen LogP contribution in [0.3, 0.4) is 0 Å². The third-order valence-electron chi connectivity index (χ3n) is 3.95. The van der Waals surface area contributed by atoms with Crippen LogP contribution >= 0.6 is 11.3 Å². The molecule has 3 aromatic heterocycles. The lowest BCUT2D eigenvalue weighted by atomic mass is 10.0. The molecule has 0 bridgehead atoms. The molecule has 0 radical (unpaired) electrons. The van der Waals surface area contributed by atoms with E-state index in [0.717, 1.165) is 27.3 Å². The van der Waals surface area contributed by atoms with E-state index < -0.39 is 11.9 Å². The molecule has 0 amide bonds. The number of anilines is 2. The van der Waals surface area contributed by atoms with Crippen molar-refractivity contribution in [2.75, 3.05) is 11.5 Å². The van der Waals surface area contributed by atoms with Crippen molar-refractivity contribution in [2.24, 2.45) is 0 Å². The molecule has 0 aliphatic carbocycles. The summed E-state index contributed by atoms with van der Waals surface area (Å²) >= 11 is 1.42. The van der Waals surface area contributed by atoms with E-state index >= 15 is 0 Å². The topological polar surface area (TPSA) is 77.8 Å². The quantitative estimate of drug-likeness (QED) is 0.411. The second kappa shape index (κ2) is 5.78. The van der Waals surface area contributed by atoms with Crippen molar-refractivity contribution in [2.45, 2.75) is 0 Å². The molecule has 0 saturated carbocycles. The fourth-order valence-electron chi connectivity index (χ4n) is 2.75. The minimum atomic E-state index is -0.879. The summed E-state index contributed by atoms with van der Waals surface area (Å²) in [6.07, 6.45) is 1.49. The van der Waals surface area contributed by atoms with Crippen LogP contribution in [0.25, 0.3) is 32.3 Å². The number of hydrogen-bond donors (Lipinski definition) is 2. The first-order valence-corrected chi connectivity index (χ1v) is 8.26. The number of nitrogens with two attached hydrogens (primary N) is 2. The molecule has 0 spiro atoms. The van der Waals surface area contributed by atoms with E-state index in [-0.39, 0.29) is 5.56 Å². The Morgan fingerprint density at radius 1 is 0.880 bits per heavy atom. The van der Waals surface area contributed by atoms with Crippen LogP contribution in [-0.4, -0.2) is 9.97 Å². The molecule has 25 heavy (non-hydrogen) atoms. The molecule has 0 aliphatic rings. The van der Waals surface area contributed by atoms with Crippen LogP contribution in [0.5, 0.6) is 0 Å². The molecule has 4 N–H and O–H groups in total. The molecule has 3 heterocycles. The molecule has 124 valence electrons. The first-order chi connectivity index (χ1) is 12.0. The van der Waals surface area contributed by atoms with E-state index in [4.69, 9.17) is 11.5 Å². The predicted octanol–water partition coefficient (Wildman–Crippen LogP) is 4.47. The van der Waals surface area contributed by atoms with Gasteiger partial charge in [-0.1, -0.05) is 12.1 Å². The van der Waals surface area contributed by atoms with Gasteiger partial charge in [-0.25, -0.2) is 4.98 Å². The molecule has 0 aliphatic heterocycles. The van der Waals surface area contributed by atoms with E-state index in [1.54, 1.807) is 12.1 Å². The minimum absolute atomic E-state index is 0.185. The molecule has 0 atom stereocenters. The van der Waals surface area contributed by atoms with Gasteiger partial charge in [-0.15, -0.1) is 11.3 Å². The summed E-state index contributed by atoms with van der Waals surface area (Å²) in [4.78, 5) is 7.45.